The third-order valence-corrected chi connectivity index (χ3v) is 17.3. The highest BCUT2D eigenvalue weighted by Gasteiger charge is 2.71. The van der Waals surface area contributed by atoms with Crippen LogP contribution in [0.4, 0.5) is 4.79 Å². The number of nitrogens with zero attached hydrogens (tertiary/aromatic N) is 1. The number of carbonyl (C=O) groups excluding carboxylic acids is 3. The van der Waals surface area contributed by atoms with Gasteiger partial charge in [0.15, 0.2) is 0 Å². The Balaban J connectivity index is 1.18. The molecule has 0 aromatic rings. The number of allylic oxidation sites excluding steroid dienone is 1. The number of carboxylic acid groups (broad SMARTS) is 1. The number of carboxylic acids is 1. The van der Waals surface area contributed by atoms with Crippen LogP contribution in [0.15, 0.2) is 12.2 Å². The lowest BCUT2D eigenvalue weighted by Crippen LogP contribution is -2.67. The van der Waals surface area contributed by atoms with Crippen LogP contribution in [-0.4, -0.2) is 64.8 Å². The van der Waals surface area contributed by atoms with Gasteiger partial charge in [0, 0.05) is 31.0 Å². The second-order valence-corrected chi connectivity index (χ2v) is 22.4. The molecule has 0 spiro atoms. The fourth-order valence-electron chi connectivity index (χ4n) is 14.4. The van der Waals surface area contributed by atoms with Crippen LogP contribution in [0.3, 0.4) is 0 Å². The maximum Gasteiger partial charge on any atom is 0.410 e. The van der Waals surface area contributed by atoms with Crippen molar-refractivity contribution in [3.05, 3.63) is 12.2 Å². The molecule has 5 aliphatic carbocycles. The van der Waals surface area contributed by atoms with Crippen molar-refractivity contribution in [1.82, 2.24) is 10.2 Å². The number of ether oxygens (including phenoxy) is 2. The van der Waals surface area contributed by atoms with Gasteiger partial charge in [-0.2, -0.15) is 0 Å². The number of rotatable bonds is 8. The molecule has 310 valence electrons. The molecule has 11 atom stereocenters. The van der Waals surface area contributed by atoms with Crippen LogP contribution in [0, 0.1) is 62.1 Å². The van der Waals surface area contributed by atoms with E-state index < -0.39 is 23.0 Å². The van der Waals surface area contributed by atoms with Crippen molar-refractivity contribution in [2.45, 2.75) is 177 Å². The number of esters is 1. The van der Waals surface area contributed by atoms with E-state index in [0.29, 0.717) is 49.1 Å². The van der Waals surface area contributed by atoms with Gasteiger partial charge in [0.1, 0.15) is 11.7 Å². The van der Waals surface area contributed by atoms with E-state index in [1.807, 2.05) is 20.8 Å². The van der Waals surface area contributed by atoms with Crippen molar-refractivity contribution in [2.75, 3.05) is 13.1 Å². The van der Waals surface area contributed by atoms with E-state index in [4.69, 9.17) is 9.47 Å². The summed E-state index contributed by atoms with van der Waals surface area (Å²) in [6.45, 7) is 29.1. The number of nitrogens with one attached hydrogen (secondary N) is 1. The first-order chi connectivity index (χ1) is 25.3. The SMILES string of the molecule is C=C(C)[C@@H]1CC[C@]2(CC(=O)N[C@@H]3CCN(C(=O)OC(C)(C)C)C3)CC[C@]3(C)[C@H](CC[C@@H]4[C@@]5(C)CC[C@H](OC(=O)CC(C)(C)C(=O)O)C(C)(C)[C@@H]5CC[C@]43C)[C@@H]12. The van der Waals surface area contributed by atoms with Gasteiger partial charge >= 0.3 is 18.0 Å². The maximum absolute atomic E-state index is 14.0. The van der Waals surface area contributed by atoms with Crippen molar-refractivity contribution < 1.29 is 33.8 Å². The van der Waals surface area contributed by atoms with Crippen molar-refractivity contribution in [3.8, 4) is 0 Å². The predicted molar refractivity (Wildman–Crippen MR) is 214 cm³/mol. The minimum absolute atomic E-state index is 0.0369. The number of amides is 2. The average Bonchev–Trinajstić information content (AvgIpc) is 3.67. The molecule has 0 aromatic carbocycles. The molecule has 2 amide bonds. The van der Waals surface area contributed by atoms with Crippen molar-refractivity contribution >= 4 is 23.9 Å². The molecule has 9 nitrogen and oxygen atoms in total. The topological polar surface area (TPSA) is 122 Å². The van der Waals surface area contributed by atoms with Gasteiger partial charge in [-0.1, -0.05) is 46.8 Å². The van der Waals surface area contributed by atoms with Gasteiger partial charge in [0.05, 0.1) is 11.8 Å². The van der Waals surface area contributed by atoms with Crippen LogP contribution in [0.25, 0.3) is 0 Å². The summed E-state index contributed by atoms with van der Waals surface area (Å²) in [6, 6.07) is -0.0493. The Hall–Kier alpha value is -2.58. The van der Waals surface area contributed by atoms with Crippen LogP contribution >= 0.6 is 0 Å². The Bertz CT molecular complexity index is 1560. The molecule has 9 heteroatoms. The Labute approximate surface area is 331 Å². The quantitative estimate of drug-likeness (QED) is 0.186. The molecule has 0 unspecified atom stereocenters. The highest BCUT2D eigenvalue weighted by atomic mass is 16.6. The highest BCUT2D eigenvalue weighted by molar-refractivity contribution is 5.81. The fraction of sp³-hybridized carbons (Fsp3) is 0.870. The zero-order valence-corrected chi connectivity index (χ0v) is 36.2. The standard InChI is InChI=1S/C46H74N2O7/c1-28(2)30-15-21-46(25-35(49)47-29-18-24-48(27-29)39(53)55-40(3,4)5)23-22-44(11)31(37(30)46)13-14-33-43(10)19-17-34(54-36(50)26-41(6,7)38(51)52)42(8,9)32(43)16-20-45(33,44)12/h29-34,37H,1,13-27H2,2-12H3,(H,47,49)(H,51,52)/t29-,30+,31-,32+,33-,34+,37-,43+,44-,45-,46-/m1/s1. The van der Waals surface area contributed by atoms with Gasteiger partial charge in [-0.15, -0.1) is 0 Å². The summed E-state index contributed by atoms with van der Waals surface area (Å²) in [5.74, 6) is 1.08. The number of aliphatic carboxylic acids is 1. The van der Waals surface area contributed by atoms with Crippen molar-refractivity contribution in [2.24, 2.45) is 62.1 Å². The lowest BCUT2D eigenvalue weighted by Gasteiger charge is -2.73. The van der Waals surface area contributed by atoms with Crippen molar-refractivity contribution in [1.29, 1.82) is 0 Å². The van der Waals surface area contributed by atoms with E-state index >= 15 is 0 Å². The normalized spacial score (nSPS) is 40.9. The second-order valence-electron chi connectivity index (χ2n) is 22.4. The molecule has 2 N–H and O–H groups in total. The van der Waals surface area contributed by atoms with E-state index in [9.17, 15) is 24.3 Å². The number of carbonyl (C=O) groups is 4. The number of fused-ring (bicyclic) bond motifs is 7. The van der Waals surface area contributed by atoms with E-state index in [0.717, 1.165) is 57.8 Å². The molecule has 5 saturated carbocycles. The van der Waals surface area contributed by atoms with E-state index in [1.54, 1.807) is 18.7 Å². The number of likely N-dealkylation sites (tertiary alicyclic amines) is 1. The van der Waals surface area contributed by atoms with Crippen LogP contribution in [0.1, 0.15) is 160 Å². The number of hydrogen-bond acceptors (Lipinski definition) is 6. The first-order valence-electron chi connectivity index (χ1n) is 21.7. The van der Waals surface area contributed by atoms with Gasteiger partial charge in [-0.05, 0) is 163 Å². The molecule has 6 fully saturated rings. The maximum atomic E-state index is 14.0. The molecule has 0 aromatic heterocycles. The fourth-order valence-corrected chi connectivity index (χ4v) is 14.4. The molecule has 1 saturated heterocycles. The summed E-state index contributed by atoms with van der Waals surface area (Å²) in [5, 5.41) is 13.0. The van der Waals surface area contributed by atoms with Gasteiger partial charge in [0.25, 0.3) is 0 Å². The molecule has 0 bridgehead atoms. The zero-order valence-electron chi connectivity index (χ0n) is 36.2. The van der Waals surface area contributed by atoms with Crippen LogP contribution in [-0.2, 0) is 23.9 Å². The summed E-state index contributed by atoms with van der Waals surface area (Å²) >= 11 is 0. The summed E-state index contributed by atoms with van der Waals surface area (Å²) < 4.78 is 11.8. The summed E-state index contributed by atoms with van der Waals surface area (Å²) in [6.07, 6.45) is 11.4. The highest BCUT2D eigenvalue weighted by Crippen LogP contribution is 2.78. The van der Waals surface area contributed by atoms with Crippen LogP contribution in [0.2, 0.25) is 0 Å². The summed E-state index contributed by atoms with van der Waals surface area (Å²) in [5.41, 5.74) is -0.289. The average molecular weight is 767 g/mol. The predicted octanol–water partition coefficient (Wildman–Crippen LogP) is 9.57. The molecule has 1 aliphatic heterocycles. The van der Waals surface area contributed by atoms with Crippen LogP contribution in [0.5, 0.6) is 0 Å². The molecular weight excluding hydrogens is 693 g/mol. The Kier molecular flexibility index (Phi) is 10.7. The Morgan fingerprint density at radius 3 is 2.16 bits per heavy atom. The summed E-state index contributed by atoms with van der Waals surface area (Å²) in [4.78, 5) is 53.4. The number of hydrogen-bond donors (Lipinski definition) is 2. The monoisotopic (exact) mass is 767 g/mol. The van der Waals surface area contributed by atoms with Crippen LogP contribution < -0.4 is 5.32 Å². The van der Waals surface area contributed by atoms with Gasteiger partial charge in [-0.3, -0.25) is 14.4 Å². The lowest BCUT2D eigenvalue weighted by atomic mass is 9.32. The summed E-state index contributed by atoms with van der Waals surface area (Å²) in [7, 11) is 0. The third kappa shape index (κ3) is 7.16. The minimum Gasteiger partial charge on any atom is -0.481 e. The van der Waals surface area contributed by atoms with Gasteiger partial charge in [0.2, 0.25) is 5.91 Å². The van der Waals surface area contributed by atoms with E-state index in [2.05, 4.69) is 53.4 Å². The first-order valence-corrected chi connectivity index (χ1v) is 21.7. The Morgan fingerprint density at radius 2 is 1.53 bits per heavy atom. The van der Waals surface area contributed by atoms with Gasteiger partial charge in [-0.25, -0.2) is 4.79 Å². The first kappa shape index (κ1) is 42.0. The van der Waals surface area contributed by atoms with Crippen molar-refractivity contribution in [3.63, 3.8) is 0 Å². The molecular formula is C46H74N2O7. The zero-order chi connectivity index (χ0) is 40.7. The van der Waals surface area contributed by atoms with E-state index in [1.165, 1.54) is 18.4 Å². The van der Waals surface area contributed by atoms with Gasteiger partial charge < -0.3 is 24.8 Å². The molecule has 6 aliphatic rings. The lowest BCUT2D eigenvalue weighted by molar-refractivity contribution is -0.250. The second kappa shape index (κ2) is 14.1. The molecule has 55 heavy (non-hydrogen) atoms. The van der Waals surface area contributed by atoms with E-state index in [-0.39, 0.29) is 57.6 Å². The molecule has 0 radical (unpaired) electrons. The third-order valence-electron chi connectivity index (χ3n) is 17.3. The Morgan fingerprint density at radius 1 is 0.836 bits per heavy atom. The minimum atomic E-state index is -1.16. The molecule has 1 heterocycles. The molecule has 6 rings (SSSR count). The smallest absolute Gasteiger partial charge is 0.410 e. The largest absolute Gasteiger partial charge is 0.481 e.